The molecule has 7 heteroatoms. The van der Waals surface area contributed by atoms with Crippen molar-refractivity contribution >= 4 is 28.5 Å². The molecule has 0 aliphatic carbocycles. The third-order valence-corrected chi connectivity index (χ3v) is 4.85. The summed E-state index contributed by atoms with van der Waals surface area (Å²) in [5.74, 6) is -0.229. The van der Waals surface area contributed by atoms with Gasteiger partial charge in [-0.05, 0) is 30.9 Å². The average molecular weight is 403 g/mol. The van der Waals surface area contributed by atoms with E-state index in [9.17, 15) is 9.59 Å². The number of nitrogens with zero attached hydrogens (tertiary/aromatic N) is 2. The fourth-order valence-corrected chi connectivity index (χ4v) is 3.40. The smallest absolute Gasteiger partial charge is 0.343 e. The van der Waals surface area contributed by atoms with Crippen molar-refractivity contribution in [3.05, 3.63) is 62.2 Å². The summed E-state index contributed by atoms with van der Waals surface area (Å²) < 4.78 is 12.3. The van der Waals surface area contributed by atoms with Crippen LogP contribution in [-0.2, 0) is 24.3 Å². The number of aryl methyl sites for hydroxylation is 2. The van der Waals surface area contributed by atoms with Crippen LogP contribution < -0.4 is 5.63 Å². The molecular formula is C21H23ClN2O4. The van der Waals surface area contributed by atoms with Crippen molar-refractivity contribution in [2.24, 2.45) is 5.92 Å². The number of rotatable bonds is 6. The average Bonchev–Trinajstić information content (AvgIpc) is 2.91. The molecule has 0 bridgehead atoms. The van der Waals surface area contributed by atoms with E-state index in [2.05, 4.69) is 5.10 Å². The van der Waals surface area contributed by atoms with Crippen LogP contribution in [0.25, 0.3) is 11.0 Å². The van der Waals surface area contributed by atoms with Gasteiger partial charge in [-0.15, -0.1) is 0 Å². The van der Waals surface area contributed by atoms with E-state index in [0.29, 0.717) is 29.3 Å². The first-order chi connectivity index (χ1) is 13.3. The Balaban J connectivity index is 1.86. The molecule has 6 nitrogen and oxygen atoms in total. The molecule has 2 heterocycles. The van der Waals surface area contributed by atoms with E-state index in [4.69, 9.17) is 20.8 Å². The number of hydrogen-bond acceptors (Lipinski definition) is 5. The van der Waals surface area contributed by atoms with Gasteiger partial charge in [0.1, 0.15) is 22.9 Å². The molecule has 28 heavy (non-hydrogen) atoms. The molecule has 0 saturated heterocycles. The maximum Gasteiger partial charge on any atom is 0.343 e. The van der Waals surface area contributed by atoms with Crippen LogP contribution in [0.3, 0.4) is 0 Å². The Kier molecular flexibility index (Phi) is 5.89. The molecule has 0 spiro atoms. The van der Waals surface area contributed by atoms with Crippen LogP contribution in [0.5, 0.6) is 0 Å². The first-order valence-corrected chi connectivity index (χ1v) is 9.63. The monoisotopic (exact) mass is 402 g/mol. The fraction of sp³-hybridized carbons (Fsp3) is 0.381. The van der Waals surface area contributed by atoms with E-state index in [1.807, 2.05) is 39.0 Å². The summed E-state index contributed by atoms with van der Waals surface area (Å²) in [6.07, 6.45) is 0.830. The third-order valence-electron chi connectivity index (χ3n) is 4.47. The molecule has 1 aromatic carbocycles. The molecule has 0 unspecified atom stereocenters. The lowest BCUT2D eigenvalue weighted by molar-refractivity contribution is 0.0473. The maximum atomic E-state index is 12.6. The van der Waals surface area contributed by atoms with Gasteiger partial charge in [0.15, 0.2) is 0 Å². The fourth-order valence-electron chi connectivity index (χ4n) is 3.08. The highest BCUT2D eigenvalue weighted by Gasteiger charge is 2.22. The summed E-state index contributed by atoms with van der Waals surface area (Å²) in [6, 6.07) is 7.01. The number of hydrogen-bond donors (Lipinski definition) is 0. The number of esters is 1. The van der Waals surface area contributed by atoms with Crippen LogP contribution in [0.15, 0.2) is 33.5 Å². The number of ether oxygens (including phenoxy) is 1. The van der Waals surface area contributed by atoms with Gasteiger partial charge in [0.05, 0.1) is 5.69 Å². The Morgan fingerprint density at radius 2 is 2.07 bits per heavy atom. The molecule has 0 fully saturated rings. The highest BCUT2D eigenvalue weighted by atomic mass is 35.5. The van der Waals surface area contributed by atoms with Crippen molar-refractivity contribution in [3.63, 3.8) is 0 Å². The van der Waals surface area contributed by atoms with Crippen molar-refractivity contribution in [3.8, 4) is 0 Å². The van der Waals surface area contributed by atoms with Gasteiger partial charge in [0.2, 0.25) is 0 Å². The van der Waals surface area contributed by atoms with Crippen LogP contribution in [0, 0.1) is 12.8 Å². The molecule has 0 saturated carbocycles. The van der Waals surface area contributed by atoms with E-state index >= 15 is 0 Å². The maximum absolute atomic E-state index is 12.6. The number of fused-ring (bicyclic) bond motifs is 1. The van der Waals surface area contributed by atoms with Crippen molar-refractivity contribution in [1.29, 1.82) is 0 Å². The van der Waals surface area contributed by atoms with Crippen LogP contribution in [0.1, 0.15) is 48.0 Å². The number of aromatic nitrogens is 2. The topological polar surface area (TPSA) is 74.3 Å². The predicted octanol–water partition coefficient (Wildman–Crippen LogP) is 4.53. The van der Waals surface area contributed by atoms with Gasteiger partial charge in [-0.2, -0.15) is 5.10 Å². The second-order valence-electron chi connectivity index (χ2n) is 7.18. The minimum Gasteiger partial charge on any atom is -0.457 e. The first kappa shape index (κ1) is 20.1. The highest BCUT2D eigenvalue weighted by molar-refractivity contribution is 6.32. The lowest BCUT2D eigenvalue weighted by Crippen LogP contribution is -2.10. The number of halogens is 1. The summed E-state index contributed by atoms with van der Waals surface area (Å²) in [5, 5.41) is 5.33. The number of carbonyl (C=O) groups excluding carboxylic acids is 1. The highest BCUT2D eigenvalue weighted by Crippen LogP contribution is 2.24. The molecule has 148 valence electrons. The van der Waals surface area contributed by atoms with Gasteiger partial charge < -0.3 is 9.15 Å². The van der Waals surface area contributed by atoms with Gasteiger partial charge >= 0.3 is 11.6 Å². The molecule has 0 radical (unpaired) electrons. The SMILES string of the molecule is CCc1ccc2c(COC(=O)c3c(C)nn(CC(C)C)c3Cl)cc(=O)oc2c1. The first-order valence-electron chi connectivity index (χ1n) is 9.25. The Bertz CT molecular complexity index is 1080. The van der Waals surface area contributed by atoms with E-state index < -0.39 is 11.6 Å². The van der Waals surface area contributed by atoms with Crippen molar-refractivity contribution in [1.82, 2.24) is 9.78 Å². The van der Waals surface area contributed by atoms with Gasteiger partial charge in [-0.1, -0.05) is 44.5 Å². The van der Waals surface area contributed by atoms with E-state index in [-0.39, 0.29) is 17.3 Å². The number of benzene rings is 1. The van der Waals surface area contributed by atoms with E-state index in [1.165, 1.54) is 6.07 Å². The zero-order valence-corrected chi connectivity index (χ0v) is 17.2. The molecule has 0 N–H and O–H groups in total. The van der Waals surface area contributed by atoms with Gasteiger partial charge in [-0.3, -0.25) is 4.68 Å². The Morgan fingerprint density at radius 1 is 1.32 bits per heavy atom. The Labute approximate surface area is 168 Å². The van der Waals surface area contributed by atoms with Crippen molar-refractivity contribution in [2.75, 3.05) is 0 Å². The van der Waals surface area contributed by atoms with Crippen LogP contribution in [0.2, 0.25) is 5.15 Å². The van der Waals surface area contributed by atoms with Gasteiger partial charge in [0, 0.05) is 23.6 Å². The predicted molar refractivity (Wildman–Crippen MR) is 108 cm³/mol. The van der Waals surface area contributed by atoms with Crippen molar-refractivity contribution in [2.45, 2.75) is 47.3 Å². The summed E-state index contributed by atoms with van der Waals surface area (Å²) in [7, 11) is 0. The largest absolute Gasteiger partial charge is 0.457 e. The van der Waals surface area contributed by atoms with Crippen LogP contribution >= 0.6 is 11.6 Å². The second kappa shape index (κ2) is 8.19. The van der Waals surface area contributed by atoms with Gasteiger partial charge in [0.25, 0.3) is 0 Å². The molecule has 0 aliphatic rings. The summed E-state index contributed by atoms with van der Waals surface area (Å²) >= 11 is 6.34. The molecule has 0 amide bonds. The molecule has 0 aliphatic heterocycles. The quantitative estimate of drug-likeness (QED) is 0.447. The molecule has 3 aromatic rings. The van der Waals surface area contributed by atoms with E-state index in [1.54, 1.807) is 11.6 Å². The standard InChI is InChI=1S/C21H23ClN2O4/c1-5-14-6-7-16-15(9-18(25)28-17(16)8-14)11-27-21(26)19-13(4)23-24(20(19)22)10-12(2)3/h6-9,12H,5,10-11H2,1-4H3. The Morgan fingerprint density at radius 3 is 2.75 bits per heavy atom. The third kappa shape index (κ3) is 4.12. The van der Waals surface area contributed by atoms with Gasteiger partial charge in [-0.25, -0.2) is 9.59 Å². The van der Waals surface area contributed by atoms with Crippen LogP contribution in [-0.4, -0.2) is 15.7 Å². The summed E-state index contributed by atoms with van der Waals surface area (Å²) in [4.78, 5) is 24.5. The minimum absolute atomic E-state index is 0.0580. The molecule has 2 aromatic heterocycles. The summed E-state index contributed by atoms with van der Waals surface area (Å²) in [5.41, 5.74) is 2.42. The zero-order valence-electron chi connectivity index (χ0n) is 16.4. The molecule has 3 rings (SSSR count). The minimum atomic E-state index is -0.566. The van der Waals surface area contributed by atoms with Crippen molar-refractivity contribution < 1.29 is 13.9 Å². The normalized spacial score (nSPS) is 11.4. The lowest BCUT2D eigenvalue weighted by atomic mass is 10.1. The second-order valence-corrected chi connectivity index (χ2v) is 7.54. The zero-order chi connectivity index (χ0) is 20.4. The summed E-state index contributed by atoms with van der Waals surface area (Å²) in [6.45, 7) is 8.38. The number of carbonyl (C=O) groups is 1. The van der Waals surface area contributed by atoms with E-state index in [0.717, 1.165) is 17.4 Å². The molecule has 0 atom stereocenters. The molecular weight excluding hydrogens is 380 g/mol. The van der Waals surface area contributed by atoms with Crippen LogP contribution in [0.4, 0.5) is 0 Å². The lowest BCUT2D eigenvalue weighted by Gasteiger charge is -2.09. The Hall–Kier alpha value is -2.60.